The molecule has 2 atom stereocenters. The highest BCUT2D eigenvalue weighted by Gasteiger charge is 2.39. The monoisotopic (exact) mass is 470 g/mol. The molecule has 2 heterocycles. The number of piperidine rings is 1. The number of alkyl halides is 3. The number of hydrogen-bond acceptors (Lipinski definition) is 4. The smallest absolute Gasteiger partial charge is 0.344 e. The Balaban J connectivity index is 1.59. The van der Waals surface area contributed by atoms with Crippen LogP contribution in [0, 0.1) is 0 Å². The Kier molecular flexibility index (Phi) is 6.83. The third-order valence-electron chi connectivity index (χ3n) is 5.99. The normalized spacial score (nSPS) is 17.2. The molecule has 178 valence electrons. The van der Waals surface area contributed by atoms with E-state index in [-0.39, 0.29) is 17.6 Å². The first kappa shape index (κ1) is 23.7. The lowest BCUT2D eigenvalue weighted by molar-refractivity contribution is -0.0885. The first-order chi connectivity index (χ1) is 16.2. The van der Waals surface area contributed by atoms with Crippen LogP contribution in [-0.4, -0.2) is 40.2 Å². The Morgan fingerprint density at radius 3 is 2.44 bits per heavy atom. The molecule has 1 fully saturated rings. The number of amides is 1. The summed E-state index contributed by atoms with van der Waals surface area (Å²) in [5, 5.41) is 10.8. The van der Waals surface area contributed by atoms with Crippen molar-refractivity contribution in [1.82, 2.24) is 20.4 Å². The van der Waals surface area contributed by atoms with Crippen LogP contribution in [0.1, 0.15) is 51.6 Å². The number of halogens is 3. The van der Waals surface area contributed by atoms with Crippen molar-refractivity contribution in [3.8, 4) is 11.1 Å². The summed E-state index contributed by atoms with van der Waals surface area (Å²) in [5.41, 5.74) is 2.52. The summed E-state index contributed by atoms with van der Waals surface area (Å²) in [5.74, 6) is -2.36. The van der Waals surface area contributed by atoms with Gasteiger partial charge in [-0.2, -0.15) is 18.3 Å². The predicted molar refractivity (Wildman–Crippen MR) is 121 cm³/mol. The molecule has 2 aromatic carbocycles. The fourth-order valence-corrected chi connectivity index (χ4v) is 4.22. The van der Waals surface area contributed by atoms with Gasteiger partial charge >= 0.3 is 6.18 Å². The van der Waals surface area contributed by atoms with Crippen molar-refractivity contribution in [1.29, 1.82) is 0 Å². The topological polar surface area (TPSA) is 76.0 Å². The highest BCUT2D eigenvalue weighted by atomic mass is 19.4. The summed E-state index contributed by atoms with van der Waals surface area (Å²) in [6.45, 7) is 0.841. The van der Waals surface area contributed by atoms with Gasteiger partial charge in [0.15, 0.2) is 0 Å². The number of hydrogen-bond donors (Lipinski definition) is 2. The second-order valence-electron chi connectivity index (χ2n) is 8.44. The fourth-order valence-electron chi connectivity index (χ4n) is 4.22. The van der Waals surface area contributed by atoms with Crippen molar-refractivity contribution in [3.63, 3.8) is 0 Å². The van der Waals surface area contributed by atoms with E-state index < -0.39 is 23.4 Å². The maximum absolute atomic E-state index is 13.0. The lowest BCUT2D eigenvalue weighted by atomic mass is 9.91. The minimum absolute atomic E-state index is 0.00734. The molecule has 3 aromatic rings. The van der Waals surface area contributed by atoms with E-state index in [0.29, 0.717) is 0 Å². The number of Topliss-reactive ketones (excluding diaryl/α,β-unsaturated/α-hetero) is 1. The molecule has 0 bridgehead atoms. The van der Waals surface area contributed by atoms with Crippen LogP contribution in [0.15, 0.2) is 60.9 Å². The minimum Gasteiger partial charge on any atom is -0.344 e. The third kappa shape index (κ3) is 5.36. The van der Waals surface area contributed by atoms with Crippen molar-refractivity contribution in [2.24, 2.45) is 7.05 Å². The molecule has 0 saturated carbocycles. The lowest BCUT2D eigenvalue weighted by Gasteiger charge is -2.32. The second-order valence-corrected chi connectivity index (χ2v) is 8.44. The van der Waals surface area contributed by atoms with Crippen molar-refractivity contribution in [2.45, 2.75) is 37.5 Å². The van der Waals surface area contributed by atoms with Crippen LogP contribution < -0.4 is 10.6 Å². The summed E-state index contributed by atoms with van der Waals surface area (Å²) in [6, 6.07) is 12.1. The Morgan fingerprint density at radius 2 is 1.82 bits per heavy atom. The van der Waals surface area contributed by atoms with E-state index in [2.05, 4.69) is 15.7 Å². The van der Waals surface area contributed by atoms with Gasteiger partial charge in [0.1, 0.15) is 0 Å². The highest BCUT2D eigenvalue weighted by molar-refractivity contribution is 6.01. The van der Waals surface area contributed by atoms with E-state index in [1.807, 2.05) is 37.5 Å². The fraction of sp³-hybridized carbons (Fsp3) is 0.320. The predicted octanol–water partition coefficient (Wildman–Crippen LogP) is 4.45. The van der Waals surface area contributed by atoms with E-state index in [1.165, 1.54) is 12.1 Å². The molecular weight excluding hydrogens is 445 g/mol. The first-order valence-corrected chi connectivity index (χ1v) is 11.1. The molecule has 0 unspecified atom stereocenters. The molecule has 2 N–H and O–H groups in total. The van der Waals surface area contributed by atoms with Crippen LogP contribution in [0.25, 0.3) is 11.1 Å². The van der Waals surface area contributed by atoms with Crippen LogP contribution in [0.4, 0.5) is 13.2 Å². The molecule has 0 aliphatic carbocycles. The third-order valence-corrected chi connectivity index (χ3v) is 5.99. The molecule has 0 radical (unpaired) electrons. The number of aromatic nitrogens is 2. The number of carbonyl (C=O) groups excluding carboxylic acids is 2. The van der Waals surface area contributed by atoms with Gasteiger partial charge in [-0.05, 0) is 48.7 Å². The molecule has 6 nitrogen and oxygen atoms in total. The Morgan fingerprint density at radius 1 is 1.09 bits per heavy atom. The van der Waals surface area contributed by atoms with Crippen LogP contribution >= 0.6 is 0 Å². The van der Waals surface area contributed by atoms with Crippen LogP contribution in [-0.2, 0) is 7.05 Å². The maximum atomic E-state index is 13.0. The minimum atomic E-state index is -4.96. The van der Waals surface area contributed by atoms with Crippen LogP contribution in [0.3, 0.4) is 0 Å². The van der Waals surface area contributed by atoms with Crippen molar-refractivity contribution >= 4 is 11.7 Å². The molecule has 1 aliphatic rings. The second kappa shape index (κ2) is 9.80. The molecule has 1 amide bonds. The molecule has 1 saturated heterocycles. The standard InChI is InChI=1S/C25H25F3N4O2/c1-32-15-20(14-30-32)18-5-4-6-19(13-18)22(21-7-2-3-12-29-21)31-24(34)17-10-8-16(9-11-17)23(33)25(26,27)28/h4-6,8-11,13-15,21-22,29H,2-3,7,12H2,1H3,(H,31,34)/t21-,22-/m0/s1. The van der Waals surface area contributed by atoms with Gasteiger partial charge in [0, 0.05) is 36.0 Å². The Labute approximate surface area is 195 Å². The van der Waals surface area contributed by atoms with Gasteiger partial charge in [0.25, 0.3) is 11.7 Å². The van der Waals surface area contributed by atoms with E-state index >= 15 is 0 Å². The van der Waals surface area contributed by atoms with E-state index in [0.717, 1.165) is 54.6 Å². The van der Waals surface area contributed by atoms with Gasteiger partial charge in [0.05, 0.1) is 12.2 Å². The number of nitrogens with zero attached hydrogens (tertiary/aromatic N) is 2. The van der Waals surface area contributed by atoms with Gasteiger partial charge in [0.2, 0.25) is 0 Å². The van der Waals surface area contributed by atoms with Gasteiger partial charge in [-0.15, -0.1) is 0 Å². The quantitative estimate of drug-likeness (QED) is 0.522. The Bertz CT molecular complexity index is 1170. The summed E-state index contributed by atoms with van der Waals surface area (Å²) in [7, 11) is 1.84. The average molecular weight is 470 g/mol. The maximum Gasteiger partial charge on any atom is 0.454 e. The van der Waals surface area contributed by atoms with Crippen molar-refractivity contribution in [3.05, 3.63) is 77.6 Å². The number of rotatable bonds is 6. The molecule has 4 rings (SSSR count). The lowest BCUT2D eigenvalue weighted by Crippen LogP contribution is -2.46. The van der Waals surface area contributed by atoms with E-state index in [9.17, 15) is 22.8 Å². The van der Waals surface area contributed by atoms with Gasteiger partial charge < -0.3 is 10.6 Å². The average Bonchev–Trinajstić information content (AvgIpc) is 3.28. The summed E-state index contributed by atoms with van der Waals surface area (Å²) in [6.07, 6.45) is 1.69. The molecular formula is C25H25F3N4O2. The number of ketones is 1. The Hall–Kier alpha value is -3.46. The molecule has 9 heteroatoms. The first-order valence-electron chi connectivity index (χ1n) is 11.1. The summed E-state index contributed by atoms with van der Waals surface area (Å²) < 4.78 is 39.7. The largest absolute Gasteiger partial charge is 0.454 e. The number of carbonyl (C=O) groups is 2. The zero-order chi connectivity index (χ0) is 24.3. The van der Waals surface area contributed by atoms with Crippen LogP contribution in [0.2, 0.25) is 0 Å². The molecule has 1 aromatic heterocycles. The molecule has 1 aliphatic heterocycles. The van der Waals surface area contributed by atoms with Gasteiger partial charge in [-0.1, -0.05) is 36.8 Å². The van der Waals surface area contributed by atoms with Gasteiger partial charge in [-0.25, -0.2) is 0 Å². The zero-order valence-electron chi connectivity index (χ0n) is 18.6. The van der Waals surface area contributed by atoms with Crippen LogP contribution in [0.5, 0.6) is 0 Å². The highest BCUT2D eigenvalue weighted by Crippen LogP contribution is 2.28. The summed E-state index contributed by atoms with van der Waals surface area (Å²) in [4.78, 5) is 24.5. The molecule has 34 heavy (non-hydrogen) atoms. The van der Waals surface area contributed by atoms with Crippen molar-refractivity contribution < 1.29 is 22.8 Å². The van der Waals surface area contributed by atoms with E-state index in [1.54, 1.807) is 10.9 Å². The number of nitrogens with one attached hydrogen (secondary N) is 2. The zero-order valence-corrected chi connectivity index (χ0v) is 18.6. The van der Waals surface area contributed by atoms with E-state index in [4.69, 9.17) is 0 Å². The number of benzene rings is 2. The van der Waals surface area contributed by atoms with Crippen molar-refractivity contribution in [2.75, 3.05) is 6.54 Å². The van der Waals surface area contributed by atoms with Gasteiger partial charge in [-0.3, -0.25) is 14.3 Å². The SMILES string of the molecule is Cn1cc(-c2cccc([C@H](NC(=O)c3ccc(C(=O)C(F)(F)F)cc3)[C@@H]3CCCCN3)c2)cn1. The summed E-state index contributed by atoms with van der Waals surface area (Å²) >= 11 is 0. The number of aryl methyl sites for hydroxylation is 1. The molecule has 0 spiro atoms.